The standard InChI is InChI=1S/C14H17FN2O2/c1-2-18-17-7-5-10(6-8-17)14-12-4-3-11(15)9-13(12)19-16-14/h3-4,9-10H,2,5-8H2,1H3. The molecule has 0 atom stereocenters. The Morgan fingerprint density at radius 2 is 2.21 bits per heavy atom. The van der Waals surface area contributed by atoms with Crippen LogP contribution in [0.1, 0.15) is 31.4 Å². The summed E-state index contributed by atoms with van der Waals surface area (Å²) in [5.41, 5.74) is 1.48. The first-order valence-corrected chi connectivity index (χ1v) is 6.70. The summed E-state index contributed by atoms with van der Waals surface area (Å²) in [5.74, 6) is 0.0739. The molecule has 0 amide bonds. The van der Waals surface area contributed by atoms with Gasteiger partial charge in [0.15, 0.2) is 5.58 Å². The molecule has 2 heterocycles. The highest BCUT2D eigenvalue weighted by Crippen LogP contribution is 2.32. The number of fused-ring (bicyclic) bond motifs is 1. The lowest BCUT2D eigenvalue weighted by Crippen LogP contribution is -2.33. The summed E-state index contributed by atoms with van der Waals surface area (Å²) in [5, 5.41) is 7.06. The van der Waals surface area contributed by atoms with Gasteiger partial charge in [0.05, 0.1) is 12.3 Å². The van der Waals surface area contributed by atoms with Crippen molar-refractivity contribution in [2.75, 3.05) is 19.7 Å². The molecular weight excluding hydrogens is 247 g/mol. The van der Waals surface area contributed by atoms with E-state index in [1.807, 2.05) is 12.0 Å². The molecule has 0 unspecified atom stereocenters. The molecular formula is C14H17FN2O2. The summed E-state index contributed by atoms with van der Waals surface area (Å²) in [6, 6.07) is 4.60. The zero-order valence-corrected chi connectivity index (χ0v) is 10.9. The van der Waals surface area contributed by atoms with E-state index in [1.165, 1.54) is 12.1 Å². The van der Waals surface area contributed by atoms with Gasteiger partial charge in [-0.3, -0.25) is 4.84 Å². The van der Waals surface area contributed by atoms with Gasteiger partial charge in [0, 0.05) is 30.5 Å². The minimum absolute atomic E-state index is 0.290. The molecule has 0 saturated carbocycles. The predicted molar refractivity (Wildman–Crippen MR) is 69.1 cm³/mol. The highest BCUT2D eigenvalue weighted by molar-refractivity contribution is 5.79. The average molecular weight is 264 g/mol. The molecule has 1 aliphatic heterocycles. The van der Waals surface area contributed by atoms with E-state index in [-0.39, 0.29) is 5.82 Å². The van der Waals surface area contributed by atoms with Crippen LogP contribution in [-0.2, 0) is 4.84 Å². The first-order chi connectivity index (χ1) is 9.28. The van der Waals surface area contributed by atoms with Crippen LogP contribution in [-0.4, -0.2) is 29.9 Å². The Balaban J connectivity index is 1.78. The van der Waals surface area contributed by atoms with E-state index in [0.717, 1.165) is 37.0 Å². The minimum Gasteiger partial charge on any atom is -0.356 e. The first kappa shape index (κ1) is 12.6. The van der Waals surface area contributed by atoms with Gasteiger partial charge >= 0.3 is 0 Å². The molecule has 4 nitrogen and oxygen atoms in total. The maximum absolute atomic E-state index is 13.1. The average Bonchev–Trinajstić information content (AvgIpc) is 2.83. The Labute approximate surface area is 111 Å². The van der Waals surface area contributed by atoms with Crippen LogP contribution in [0.4, 0.5) is 4.39 Å². The van der Waals surface area contributed by atoms with Crippen LogP contribution in [0.2, 0.25) is 0 Å². The van der Waals surface area contributed by atoms with E-state index < -0.39 is 0 Å². The van der Waals surface area contributed by atoms with Crippen molar-refractivity contribution in [3.8, 4) is 0 Å². The molecule has 1 aromatic carbocycles. The van der Waals surface area contributed by atoms with Crippen molar-refractivity contribution in [2.24, 2.45) is 0 Å². The fraction of sp³-hybridized carbons (Fsp3) is 0.500. The van der Waals surface area contributed by atoms with Crippen molar-refractivity contribution in [3.05, 3.63) is 29.7 Å². The first-order valence-electron chi connectivity index (χ1n) is 6.70. The van der Waals surface area contributed by atoms with Crippen LogP contribution in [0.25, 0.3) is 11.0 Å². The zero-order chi connectivity index (χ0) is 13.2. The van der Waals surface area contributed by atoms with Gasteiger partial charge < -0.3 is 4.52 Å². The highest BCUT2D eigenvalue weighted by Gasteiger charge is 2.25. The predicted octanol–water partition coefficient (Wildman–Crippen LogP) is 3.10. The second-order valence-electron chi connectivity index (χ2n) is 4.83. The quantitative estimate of drug-likeness (QED) is 0.854. The number of halogens is 1. The van der Waals surface area contributed by atoms with Crippen molar-refractivity contribution in [1.82, 2.24) is 10.2 Å². The monoisotopic (exact) mass is 264 g/mol. The second kappa shape index (κ2) is 5.27. The number of rotatable bonds is 3. The highest BCUT2D eigenvalue weighted by atomic mass is 19.1. The maximum Gasteiger partial charge on any atom is 0.170 e. The van der Waals surface area contributed by atoms with Crippen molar-refractivity contribution < 1.29 is 13.8 Å². The van der Waals surface area contributed by atoms with Gasteiger partial charge in [0.1, 0.15) is 5.82 Å². The zero-order valence-electron chi connectivity index (χ0n) is 10.9. The Morgan fingerprint density at radius 1 is 1.42 bits per heavy atom. The van der Waals surface area contributed by atoms with E-state index in [1.54, 1.807) is 6.07 Å². The third-order valence-electron chi connectivity index (χ3n) is 3.61. The Morgan fingerprint density at radius 3 is 2.95 bits per heavy atom. The SMILES string of the molecule is CCON1CCC(c2noc3cc(F)ccc23)CC1. The van der Waals surface area contributed by atoms with Crippen LogP contribution >= 0.6 is 0 Å². The molecule has 1 aliphatic rings. The Kier molecular flexibility index (Phi) is 3.48. The molecule has 3 rings (SSSR count). The number of piperidine rings is 1. The van der Waals surface area contributed by atoms with E-state index in [2.05, 4.69) is 5.16 Å². The van der Waals surface area contributed by atoms with E-state index in [0.29, 0.717) is 18.1 Å². The van der Waals surface area contributed by atoms with Crippen LogP contribution in [0, 0.1) is 5.82 Å². The summed E-state index contributed by atoms with van der Waals surface area (Å²) in [6.07, 6.45) is 1.97. The molecule has 5 heteroatoms. The maximum atomic E-state index is 13.1. The summed E-state index contributed by atoms with van der Waals surface area (Å²) >= 11 is 0. The van der Waals surface area contributed by atoms with Crippen LogP contribution in [0.5, 0.6) is 0 Å². The number of aromatic nitrogens is 1. The molecule has 1 aromatic heterocycles. The third kappa shape index (κ3) is 2.48. The molecule has 0 spiro atoms. The topological polar surface area (TPSA) is 38.5 Å². The van der Waals surface area contributed by atoms with Crippen LogP contribution < -0.4 is 0 Å². The number of nitrogens with zero attached hydrogens (tertiary/aromatic N) is 2. The molecule has 0 radical (unpaired) electrons. The fourth-order valence-corrected chi connectivity index (χ4v) is 2.67. The molecule has 2 aromatic rings. The lowest BCUT2D eigenvalue weighted by Gasteiger charge is -2.29. The van der Waals surface area contributed by atoms with Crippen molar-refractivity contribution in [1.29, 1.82) is 0 Å². The molecule has 0 N–H and O–H groups in total. The molecule has 19 heavy (non-hydrogen) atoms. The molecule has 1 saturated heterocycles. The molecule has 0 aliphatic carbocycles. The van der Waals surface area contributed by atoms with Gasteiger partial charge in [0.2, 0.25) is 0 Å². The summed E-state index contributed by atoms with van der Waals surface area (Å²) in [4.78, 5) is 5.49. The van der Waals surface area contributed by atoms with Gasteiger partial charge in [-0.2, -0.15) is 5.06 Å². The van der Waals surface area contributed by atoms with E-state index in [4.69, 9.17) is 9.36 Å². The summed E-state index contributed by atoms with van der Waals surface area (Å²) < 4.78 is 18.3. The smallest absolute Gasteiger partial charge is 0.170 e. The van der Waals surface area contributed by atoms with Gasteiger partial charge in [-0.05, 0) is 31.9 Å². The van der Waals surface area contributed by atoms with E-state index in [9.17, 15) is 4.39 Å². The van der Waals surface area contributed by atoms with Crippen LogP contribution in [0.15, 0.2) is 22.7 Å². The minimum atomic E-state index is -0.290. The lowest BCUT2D eigenvalue weighted by atomic mass is 9.92. The number of benzene rings is 1. The number of hydroxylamine groups is 2. The van der Waals surface area contributed by atoms with Crippen LogP contribution in [0.3, 0.4) is 0 Å². The molecule has 102 valence electrons. The van der Waals surface area contributed by atoms with Gasteiger partial charge in [-0.25, -0.2) is 4.39 Å². The Hall–Kier alpha value is -1.46. The molecule has 1 fully saturated rings. The molecule has 0 bridgehead atoms. The van der Waals surface area contributed by atoms with E-state index >= 15 is 0 Å². The lowest BCUT2D eigenvalue weighted by molar-refractivity contribution is -0.166. The van der Waals surface area contributed by atoms with Crippen molar-refractivity contribution in [3.63, 3.8) is 0 Å². The van der Waals surface area contributed by atoms with Crippen molar-refractivity contribution >= 4 is 11.0 Å². The van der Waals surface area contributed by atoms with Gasteiger partial charge in [-0.1, -0.05) is 5.16 Å². The Bertz CT molecular complexity index is 562. The number of hydrogen-bond donors (Lipinski definition) is 0. The normalized spacial score (nSPS) is 18.2. The summed E-state index contributed by atoms with van der Waals surface area (Å²) in [7, 11) is 0. The van der Waals surface area contributed by atoms with Gasteiger partial charge in [-0.15, -0.1) is 0 Å². The fourth-order valence-electron chi connectivity index (χ4n) is 2.67. The van der Waals surface area contributed by atoms with Gasteiger partial charge in [0.25, 0.3) is 0 Å². The van der Waals surface area contributed by atoms with Crippen molar-refractivity contribution in [2.45, 2.75) is 25.7 Å². The summed E-state index contributed by atoms with van der Waals surface area (Å²) in [6.45, 7) is 4.49. The number of hydrogen-bond acceptors (Lipinski definition) is 4. The largest absolute Gasteiger partial charge is 0.356 e. The second-order valence-corrected chi connectivity index (χ2v) is 4.83. The third-order valence-corrected chi connectivity index (χ3v) is 3.61.